The van der Waals surface area contributed by atoms with Crippen molar-refractivity contribution in [3.8, 4) is 0 Å². The fourth-order valence-electron chi connectivity index (χ4n) is 4.18. The number of thioether (sulfide) groups is 1. The van der Waals surface area contributed by atoms with Gasteiger partial charge in [0, 0.05) is 13.2 Å². The van der Waals surface area contributed by atoms with Gasteiger partial charge >= 0.3 is 0 Å². The van der Waals surface area contributed by atoms with Crippen molar-refractivity contribution < 1.29 is 9.84 Å². The number of rotatable bonds is 1. The average molecular weight is 285 g/mol. The van der Waals surface area contributed by atoms with Crippen LogP contribution in [0.2, 0.25) is 0 Å². The van der Waals surface area contributed by atoms with Crippen molar-refractivity contribution in [2.45, 2.75) is 50.2 Å². The molecule has 1 spiro atoms. The molecule has 0 saturated carbocycles. The molecular formula is C15H27NO2S. The Hall–Kier alpha value is 0.230. The van der Waals surface area contributed by atoms with Gasteiger partial charge in [-0.15, -0.1) is 0 Å². The zero-order chi connectivity index (χ0) is 13.3. The number of hydrogen-bond donors (Lipinski definition) is 2. The van der Waals surface area contributed by atoms with E-state index in [1.165, 1.54) is 24.3 Å². The van der Waals surface area contributed by atoms with Gasteiger partial charge in [-0.1, -0.05) is 6.92 Å². The molecule has 0 aromatic rings. The second-order valence-corrected chi connectivity index (χ2v) is 7.90. The molecule has 3 heterocycles. The molecule has 19 heavy (non-hydrogen) atoms. The molecule has 3 fully saturated rings. The zero-order valence-electron chi connectivity index (χ0n) is 12.0. The lowest BCUT2D eigenvalue weighted by molar-refractivity contribution is -0.166. The lowest BCUT2D eigenvalue weighted by Gasteiger charge is -2.51. The Bertz CT molecular complexity index is 314. The molecule has 3 unspecified atom stereocenters. The van der Waals surface area contributed by atoms with E-state index in [-0.39, 0.29) is 5.60 Å². The van der Waals surface area contributed by atoms with Gasteiger partial charge in [0.2, 0.25) is 0 Å². The molecule has 3 atom stereocenters. The van der Waals surface area contributed by atoms with Crippen molar-refractivity contribution in [1.29, 1.82) is 0 Å². The molecule has 3 aliphatic heterocycles. The van der Waals surface area contributed by atoms with Gasteiger partial charge in [-0.3, -0.25) is 0 Å². The summed E-state index contributed by atoms with van der Waals surface area (Å²) in [5, 5.41) is 14.6. The summed E-state index contributed by atoms with van der Waals surface area (Å²) in [4.78, 5) is 0. The molecule has 0 aromatic heterocycles. The first-order chi connectivity index (χ1) is 9.15. The van der Waals surface area contributed by atoms with Gasteiger partial charge in [-0.25, -0.2) is 0 Å². The predicted octanol–water partition coefficient (Wildman–Crippen LogP) is 2.04. The number of ether oxygens (including phenoxy) is 1. The third-order valence-electron chi connectivity index (χ3n) is 5.61. The summed E-state index contributed by atoms with van der Waals surface area (Å²) in [6.07, 6.45) is 5.38. The summed E-state index contributed by atoms with van der Waals surface area (Å²) in [5.41, 5.74) is -0.374. The van der Waals surface area contributed by atoms with E-state index in [0.717, 1.165) is 39.0 Å². The Balaban J connectivity index is 1.73. The summed E-state index contributed by atoms with van der Waals surface area (Å²) in [6, 6.07) is 0. The number of hydrogen-bond acceptors (Lipinski definition) is 4. The maximum atomic E-state index is 11.2. The van der Waals surface area contributed by atoms with Crippen LogP contribution in [-0.4, -0.2) is 47.5 Å². The largest absolute Gasteiger partial charge is 0.389 e. The molecule has 3 nitrogen and oxygen atoms in total. The van der Waals surface area contributed by atoms with Crippen molar-refractivity contribution in [2.24, 2.45) is 11.8 Å². The van der Waals surface area contributed by atoms with Crippen LogP contribution in [-0.2, 0) is 4.74 Å². The molecule has 110 valence electrons. The molecule has 0 aliphatic carbocycles. The zero-order valence-corrected chi connectivity index (χ0v) is 12.8. The molecule has 3 aliphatic rings. The Labute approximate surface area is 120 Å². The molecular weight excluding hydrogens is 258 g/mol. The molecule has 3 rings (SSSR count). The van der Waals surface area contributed by atoms with Crippen molar-refractivity contribution in [3.05, 3.63) is 0 Å². The van der Waals surface area contributed by atoms with Crippen molar-refractivity contribution in [2.75, 3.05) is 31.2 Å². The normalized spacial score (nSPS) is 43.3. The lowest BCUT2D eigenvalue weighted by Crippen LogP contribution is -2.57. The summed E-state index contributed by atoms with van der Waals surface area (Å²) in [5.74, 6) is 3.24. The maximum Gasteiger partial charge on any atom is 0.0727 e. The predicted molar refractivity (Wildman–Crippen MR) is 79.6 cm³/mol. The van der Waals surface area contributed by atoms with Gasteiger partial charge < -0.3 is 15.2 Å². The molecule has 0 radical (unpaired) electrons. The lowest BCUT2D eigenvalue weighted by atomic mass is 9.66. The van der Waals surface area contributed by atoms with Crippen LogP contribution in [0.25, 0.3) is 0 Å². The smallest absolute Gasteiger partial charge is 0.0727 e. The molecule has 0 aromatic carbocycles. The Kier molecular flexibility index (Phi) is 4.14. The second kappa shape index (κ2) is 5.55. The summed E-state index contributed by atoms with van der Waals surface area (Å²) >= 11 is 2.05. The number of nitrogens with one attached hydrogen (secondary N) is 1. The Morgan fingerprint density at radius 2 is 2.05 bits per heavy atom. The highest BCUT2D eigenvalue weighted by Crippen LogP contribution is 2.46. The third kappa shape index (κ3) is 2.69. The van der Waals surface area contributed by atoms with Crippen molar-refractivity contribution in [3.63, 3.8) is 0 Å². The van der Waals surface area contributed by atoms with E-state index in [1.54, 1.807) is 0 Å². The number of aliphatic hydroxyl groups is 1. The van der Waals surface area contributed by atoms with Gasteiger partial charge in [-0.05, 0) is 62.0 Å². The highest BCUT2D eigenvalue weighted by molar-refractivity contribution is 7.99. The first-order valence-corrected chi connectivity index (χ1v) is 8.95. The van der Waals surface area contributed by atoms with E-state index < -0.39 is 5.60 Å². The van der Waals surface area contributed by atoms with Gasteiger partial charge in [0.1, 0.15) is 0 Å². The van der Waals surface area contributed by atoms with E-state index in [2.05, 4.69) is 12.2 Å². The maximum absolute atomic E-state index is 11.2. The minimum Gasteiger partial charge on any atom is -0.389 e. The van der Waals surface area contributed by atoms with Crippen LogP contribution in [0.5, 0.6) is 0 Å². The van der Waals surface area contributed by atoms with E-state index in [9.17, 15) is 5.11 Å². The van der Waals surface area contributed by atoms with Crippen molar-refractivity contribution in [1.82, 2.24) is 5.32 Å². The first kappa shape index (κ1) is 14.2. The van der Waals surface area contributed by atoms with Crippen LogP contribution in [0.1, 0.15) is 39.0 Å². The summed E-state index contributed by atoms with van der Waals surface area (Å²) < 4.78 is 6.17. The number of piperidine rings is 1. The third-order valence-corrected chi connectivity index (χ3v) is 6.60. The van der Waals surface area contributed by atoms with Crippen molar-refractivity contribution >= 4 is 11.8 Å². The Morgan fingerprint density at radius 3 is 2.79 bits per heavy atom. The molecule has 0 bridgehead atoms. The first-order valence-electron chi connectivity index (χ1n) is 7.79. The van der Waals surface area contributed by atoms with Crippen LogP contribution < -0.4 is 5.32 Å². The average Bonchev–Trinajstić information content (AvgIpc) is 2.43. The monoisotopic (exact) mass is 285 g/mol. The fourth-order valence-corrected chi connectivity index (χ4v) is 5.42. The van der Waals surface area contributed by atoms with Gasteiger partial charge in [0.05, 0.1) is 11.2 Å². The Morgan fingerprint density at radius 1 is 1.26 bits per heavy atom. The topological polar surface area (TPSA) is 41.5 Å². The SMILES string of the molecule is CC1CNCCC1(O)C1CCOC2(CCSCC2)C1. The van der Waals surface area contributed by atoms with Crippen LogP contribution in [0.3, 0.4) is 0 Å². The quantitative estimate of drug-likeness (QED) is 0.773. The second-order valence-electron chi connectivity index (χ2n) is 6.68. The van der Waals surface area contributed by atoms with Crippen LogP contribution >= 0.6 is 11.8 Å². The molecule has 3 saturated heterocycles. The molecule has 2 N–H and O–H groups in total. The van der Waals surface area contributed by atoms with Crippen LogP contribution in [0.15, 0.2) is 0 Å². The standard InChI is InChI=1S/C15H27NO2S/c1-12-11-16-6-3-15(12,17)13-2-7-18-14(10-13)4-8-19-9-5-14/h12-13,16-17H,2-11H2,1H3. The van der Waals surface area contributed by atoms with E-state index in [0.29, 0.717) is 11.8 Å². The fraction of sp³-hybridized carbons (Fsp3) is 1.00. The van der Waals surface area contributed by atoms with E-state index >= 15 is 0 Å². The van der Waals surface area contributed by atoms with Crippen LogP contribution in [0, 0.1) is 11.8 Å². The minimum atomic E-state index is -0.466. The highest BCUT2D eigenvalue weighted by atomic mass is 32.2. The minimum absolute atomic E-state index is 0.0918. The van der Waals surface area contributed by atoms with Gasteiger partial charge in [0.15, 0.2) is 0 Å². The van der Waals surface area contributed by atoms with E-state index in [1.807, 2.05) is 11.8 Å². The molecule has 0 amide bonds. The van der Waals surface area contributed by atoms with Gasteiger partial charge in [-0.2, -0.15) is 11.8 Å². The summed E-state index contributed by atoms with van der Waals surface area (Å²) in [6.45, 7) is 4.96. The van der Waals surface area contributed by atoms with Crippen LogP contribution in [0.4, 0.5) is 0 Å². The molecule has 4 heteroatoms. The van der Waals surface area contributed by atoms with E-state index in [4.69, 9.17) is 4.74 Å². The summed E-state index contributed by atoms with van der Waals surface area (Å²) in [7, 11) is 0. The highest BCUT2D eigenvalue weighted by Gasteiger charge is 2.49. The van der Waals surface area contributed by atoms with Gasteiger partial charge in [0.25, 0.3) is 0 Å².